The maximum absolute atomic E-state index is 6.23. The van der Waals surface area contributed by atoms with E-state index >= 15 is 0 Å². The predicted octanol–water partition coefficient (Wildman–Crippen LogP) is 1.68. The lowest BCUT2D eigenvalue weighted by Gasteiger charge is -2.39. The number of para-hydroxylation sites is 2. The van der Waals surface area contributed by atoms with Gasteiger partial charge in [0.15, 0.2) is 5.96 Å². The Morgan fingerprint density at radius 1 is 1.24 bits per heavy atom. The molecule has 0 radical (unpaired) electrons. The van der Waals surface area contributed by atoms with E-state index < -0.39 is 0 Å². The average molecular weight is 288 g/mol. The summed E-state index contributed by atoms with van der Waals surface area (Å²) in [5, 5.41) is 0. The fourth-order valence-electron chi connectivity index (χ4n) is 3.50. The van der Waals surface area contributed by atoms with Crippen LogP contribution in [0.1, 0.15) is 19.3 Å². The van der Waals surface area contributed by atoms with Crippen molar-refractivity contribution in [3.63, 3.8) is 0 Å². The summed E-state index contributed by atoms with van der Waals surface area (Å²) in [6.45, 7) is 3.00. The number of rotatable bonds is 2. The molecule has 5 nitrogen and oxygen atoms in total. The van der Waals surface area contributed by atoms with Crippen LogP contribution in [0.15, 0.2) is 29.3 Å². The number of benzene rings is 1. The topological polar surface area (TPSA) is 54.1 Å². The number of likely N-dealkylation sites (tertiary alicyclic amines) is 1. The normalized spacial score (nSPS) is 26.8. The number of nitrogens with zero attached hydrogens (tertiary/aromatic N) is 3. The Balaban J connectivity index is 1.99. The Bertz CT molecular complexity index is 545. The van der Waals surface area contributed by atoms with Crippen LogP contribution in [0.25, 0.3) is 0 Å². The number of ether oxygens (including phenoxy) is 1. The second kappa shape index (κ2) is 5.56. The molecule has 3 rings (SSSR count). The van der Waals surface area contributed by atoms with Gasteiger partial charge in [0, 0.05) is 6.54 Å². The molecule has 2 aliphatic rings. The van der Waals surface area contributed by atoms with Crippen molar-refractivity contribution in [2.75, 3.05) is 38.7 Å². The molecule has 1 aromatic rings. The van der Waals surface area contributed by atoms with Crippen LogP contribution in [-0.2, 0) is 0 Å². The van der Waals surface area contributed by atoms with Gasteiger partial charge in [0.2, 0.25) is 0 Å². The summed E-state index contributed by atoms with van der Waals surface area (Å²) in [7, 11) is 3.89. The van der Waals surface area contributed by atoms with Gasteiger partial charge in [-0.05, 0) is 45.0 Å². The van der Waals surface area contributed by atoms with Crippen molar-refractivity contribution in [1.82, 2.24) is 4.90 Å². The molecule has 21 heavy (non-hydrogen) atoms. The van der Waals surface area contributed by atoms with Crippen LogP contribution >= 0.6 is 0 Å². The van der Waals surface area contributed by atoms with Crippen LogP contribution < -0.4 is 15.4 Å². The number of hydrogen-bond acceptors (Lipinski definition) is 5. The lowest BCUT2D eigenvalue weighted by Crippen LogP contribution is -2.52. The minimum atomic E-state index is 0.00345. The van der Waals surface area contributed by atoms with Crippen molar-refractivity contribution in [3.05, 3.63) is 24.3 Å². The molecule has 2 N–H and O–H groups in total. The van der Waals surface area contributed by atoms with Gasteiger partial charge in [-0.2, -0.15) is 0 Å². The van der Waals surface area contributed by atoms with Gasteiger partial charge in [-0.3, -0.25) is 4.99 Å². The molecule has 0 saturated carbocycles. The van der Waals surface area contributed by atoms with E-state index in [1.54, 1.807) is 7.11 Å². The lowest BCUT2D eigenvalue weighted by atomic mass is 9.89. The van der Waals surface area contributed by atoms with Crippen molar-refractivity contribution in [1.29, 1.82) is 0 Å². The first kappa shape index (κ1) is 14.2. The van der Waals surface area contributed by atoms with Crippen LogP contribution in [-0.4, -0.2) is 50.2 Å². The molecule has 1 atom stereocenters. The summed E-state index contributed by atoms with van der Waals surface area (Å²) < 4.78 is 5.53. The molecule has 2 heterocycles. The van der Waals surface area contributed by atoms with Crippen molar-refractivity contribution in [2.45, 2.75) is 24.8 Å². The van der Waals surface area contributed by atoms with E-state index in [0.29, 0.717) is 5.96 Å². The highest BCUT2D eigenvalue weighted by Gasteiger charge is 2.44. The smallest absolute Gasteiger partial charge is 0.196 e. The van der Waals surface area contributed by atoms with Gasteiger partial charge in [0.1, 0.15) is 5.75 Å². The van der Waals surface area contributed by atoms with Crippen molar-refractivity contribution < 1.29 is 4.74 Å². The SMILES string of the molecule is COc1ccccc1N1C(N)=NCC12CCCN(C)CC2. The highest BCUT2D eigenvalue weighted by Crippen LogP contribution is 2.40. The number of aliphatic imine (C=N–C) groups is 1. The van der Waals surface area contributed by atoms with Crippen LogP contribution in [0.3, 0.4) is 0 Å². The van der Waals surface area contributed by atoms with Gasteiger partial charge in [0.05, 0.1) is 24.9 Å². The number of anilines is 1. The van der Waals surface area contributed by atoms with Gasteiger partial charge >= 0.3 is 0 Å². The van der Waals surface area contributed by atoms with Gasteiger partial charge < -0.3 is 20.3 Å². The molecule has 1 unspecified atom stereocenters. The second-order valence-electron chi connectivity index (χ2n) is 6.06. The molecule has 5 heteroatoms. The molecule has 1 spiro atoms. The Labute approximate surface area is 126 Å². The number of nitrogens with two attached hydrogens (primary N) is 1. The molecule has 1 aromatic carbocycles. The van der Waals surface area contributed by atoms with Gasteiger partial charge in [0.25, 0.3) is 0 Å². The monoisotopic (exact) mass is 288 g/mol. The Morgan fingerprint density at radius 3 is 2.86 bits per heavy atom. The first-order chi connectivity index (χ1) is 10.2. The van der Waals surface area contributed by atoms with E-state index in [0.717, 1.165) is 43.9 Å². The second-order valence-corrected chi connectivity index (χ2v) is 6.06. The standard InChI is InChI=1S/C16H24N4O/c1-19-10-5-8-16(9-11-19)12-18-15(17)20(16)13-6-3-4-7-14(13)21-2/h3-4,6-7H,5,8-12H2,1-2H3,(H2,17,18). The zero-order valence-corrected chi connectivity index (χ0v) is 12.9. The van der Waals surface area contributed by atoms with E-state index in [4.69, 9.17) is 10.5 Å². The molecular weight excluding hydrogens is 264 g/mol. The van der Waals surface area contributed by atoms with E-state index in [1.165, 1.54) is 6.42 Å². The first-order valence-electron chi connectivity index (χ1n) is 7.58. The highest BCUT2D eigenvalue weighted by atomic mass is 16.5. The highest BCUT2D eigenvalue weighted by molar-refractivity contribution is 5.99. The third-order valence-corrected chi connectivity index (χ3v) is 4.71. The molecular formula is C16H24N4O. The quantitative estimate of drug-likeness (QED) is 0.899. The third-order valence-electron chi connectivity index (χ3n) is 4.71. The largest absolute Gasteiger partial charge is 0.495 e. The van der Waals surface area contributed by atoms with Crippen molar-refractivity contribution in [2.24, 2.45) is 10.7 Å². The summed E-state index contributed by atoms with van der Waals surface area (Å²) >= 11 is 0. The van der Waals surface area contributed by atoms with Crippen LogP contribution in [0.2, 0.25) is 0 Å². The number of methoxy groups -OCH3 is 1. The molecule has 1 fully saturated rings. The Kier molecular flexibility index (Phi) is 3.76. The number of hydrogen-bond donors (Lipinski definition) is 1. The van der Waals surface area contributed by atoms with Crippen LogP contribution in [0.5, 0.6) is 5.75 Å². The summed E-state index contributed by atoms with van der Waals surface area (Å²) in [5.41, 5.74) is 7.27. The van der Waals surface area contributed by atoms with Crippen molar-refractivity contribution >= 4 is 11.6 Å². The Morgan fingerprint density at radius 2 is 2.05 bits per heavy atom. The van der Waals surface area contributed by atoms with Crippen LogP contribution in [0, 0.1) is 0 Å². The van der Waals surface area contributed by atoms with Crippen molar-refractivity contribution in [3.8, 4) is 5.75 Å². The minimum Gasteiger partial charge on any atom is -0.495 e. The van der Waals surface area contributed by atoms with Gasteiger partial charge in [-0.1, -0.05) is 12.1 Å². The molecule has 1 saturated heterocycles. The first-order valence-corrected chi connectivity index (χ1v) is 7.58. The molecule has 0 amide bonds. The predicted molar refractivity (Wildman–Crippen MR) is 86.0 cm³/mol. The van der Waals surface area contributed by atoms with E-state index in [1.807, 2.05) is 18.2 Å². The van der Waals surface area contributed by atoms with E-state index in [9.17, 15) is 0 Å². The van der Waals surface area contributed by atoms with Gasteiger partial charge in [-0.25, -0.2) is 0 Å². The lowest BCUT2D eigenvalue weighted by molar-refractivity contribution is 0.333. The fourth-order valence-corrected chi connectivity index (χ4v) is 3.50. The summed E-state index contributed by atoms with van der Waals surface area (Å²) in [6, 6.07) is 8.07. The van der Waals surface area contributed by atoms with Gasteiger partial charge in [-0.15, -0.1) is 0 Å². The van der Waals surface area contributed by atoms with Crippen LogP contribution in [0.4, 0.5) is 5.69 Å². The maximum atomic E-state index is 6.23. The molecule has 0 aliphatic carbocycles. The maximum Gasteiger partial charge on any atom is 0.196 e. The molecule has 2 aliphatic heterocycles. The zero-order valence-electron chi connectivity index (χ0n) is 12.9. The molecule has 0 bridgehead atoms. The summed E-state index contributed by atoms with van der Waals surface area (Å²) in [4.78, 5) is 9.17. The Hall–Kier alpha value is -1.75. The summed E-state index contributed by atoms with van der Waals surface area (Å²) in [5.74, 6) is 1.47. The summed E-state index contributed by atoms with van der Waals surface area (Å²) in [6.07, 6.45) is 3.36. The van der Waals surface area contributed by atoms with E-state index in [-0.39, 0.29) is 5.54 Å². The zero-order chi connectivity index (χ0) is 14.9. The average Bonchev–Trinajstić information content (AvgIpc) is 2.69. The molecule has 0 aromatic heterocycles. The third kappa shape index (κ3) is 2.46. The van der Waals surface area contributed by atoms with E-state index in [2.05, 4.69) is 27.9 Å². The molecule has 114 valence electrons. The fraction of sp³-hybridized carbons (Fsp3) is 0.562. The minimum absolute atomic E-state index is 0.00345. The number of guanidine groups is 1.